The largest absolute Gasteiger partial charge is 0.434 e. The van der Waals surface area contributed by atoms with Crippen LogP contribution in [0.2, 0.25) is 0 Å². The van der Waals surface area contributed by atoms with Gasteiger partial charge in [-0.1, -0.05) is 0 Å². The van der Waals surface area contributed by atoms with Crippen LogP contribution in [0.4, 0.5) is 0 Å². The minimum absolute atomic E-state index is 0.385. The first-order chi connectivity index (χ1) is 8.36. The minimum atomic E-state index is -1.40. The van der Waals surface area contributed by atoms with Gasteiger partial charge in [-0.3, -0.25) is 9.59 Å². The standard InChI is InChI=1S/C10H17NO7/c1-4(13)2-6(14)18-10-7(11)9(16)8(15)5(3-12)17-10/h5,7-10,12,15-16H,2-3,11H2,1H3/t5-,7-,8-,9-,10?/m1/s1. The van der Waals surface area contributed by atoms with Gasteiger partial charge in [0.1, 0.15) is 30.5 Å². The number of nitrogens with two attached hydrogens (primary N) is 1. The molecular weight excluding hydrogens is 246 g/mol. The van der Waals surface area contributed by atoms with Gasteiger partial charge in [0.05, 0.1) is 12.6 Å². The molecule has 8 heteroatoms. The van der Waals surface area contributed by atoms with E-state index in [2.05, 4.69) is 0 Å². The van der Waals surface area contributed by atoms with Gasteiger partial charge in [-0.2, -0.15) is 0 Å². The number of carbonyl (C=O) groups excluding carboxylic acids is 2. The molecule has 18 heavy (non-hydrogen) atoms. The molecule has 0 radical (unpaired) electrons. The molecule has 5 atom stereocenters. The second-order valence-corrected chi connectivity index (χ2v) is 4.15. The Balaban J connectivity index is 2.64. The Kier molecular flexibility index (Phi) is 5.17. The highest BCUT2D eigenvalue weighted by Gasteiger charge is 2.44. The lowest BCUT2D eigenvalue weighted by molar-refractivity contribution is -0.258. The zero-order valence-electron chi connectivity index (χ0n) is 9.85. The van der Waals surface area contributed by atoms with Gasteiger partial charge in [0.25, 0.3) is 0 Å². The van der Waals surface area contributed by atoms with Gasteiger partial charge in [-0.15, -0.1) is 0 Å². The van der Waals surface area contributed by atoms with Crippen LogP contribution in [0.15, 0.2) is 0 Å². The summed E-state index contributed by atoms with van der Waals surface area (Å²) in [6.07, 6.45) is -5.62. The molecule has 1 unspecified atom stereocenters. The van der Waals surface area contributed by atoms with Crippen molar-refractivity contribution >= 4 is 11.8 Å². The second kappa shape index (κ2) is 6.21. The van der Waals surface area contributed by atoms with Gasteiger partial charge >= 0.3 is 5.97 Å². The maximum Gasteiger partial charge on any atom is 0.315 e. The lowest BCUT2D eigenvalue weighted by atomic mass is 9.98. The van der Waals surface area contributed by atoms with Crippen molar-refractivity contribution in [3.05, 3.63) is 0 Å². The van der Waals surface area contributed by atoms with Gasteiger partial charge in [0, 0.05) is 0 Å². The molecule has 8 nitrogen and oxygen atoms in total. The van der Waals surface area contributed by atoms with Crippen LogP contribution >= 0.6 is 0 Å². The van der Waals surface area contributed by atoms with Crippen molar-refractivity contribution in [1.82, 2.24) is 0 Å². The fraction of sp³-hybridized carbons (Fsp3) is 0.800. The van der Waals surface area contributed by atoms with Crippen LogP contribution in [0.3, 0.4) is 0 Å². The van der Waals surface area contributed by atoms with E-state index in [0.29, 0.717) is 0 Å². The smallest absolute Gasteiger partial charge is 0.315 e. The molecule has 0 saturated carbocycles. The number of ketones is 1. The van der Waals surface area contributed by atoms with Crippen molar-refractivity contribution in [2.24, 2.45) is 5.73 Å². The number of hydrogen-bond acceptors (Lipinski definition) is 8. The van der Waals surface area contributed by atoms with E-state index >= 15 is 0 Å². The summed E-state index contributed by atoms with van der Waals surface area (Å²) >= 11 is 0. The van der Waals surface area contributed by atoms with Crippen LogP contribution in [-0.2, 0) is 19.1 Å². The van der Waals surface area contributed by atoms with Crippen molar-refractivity contribution in [3.8, 4) is 0 Å². The first-order valence-electron chi connectivity index (χ1n) is 5.43. The van der Waals surface area contributed by atoms with Crippen molar-refractivity contribution in [2.45, 2.75) is 44.0 Å². The first kappa shape index (κ1) is 15.0. The van der Waals surface area contributed by atoms with Gasteiger partial charge in [0.15, 0.2) is 0 Å². The Hall–Kier alpha value is -1.06. The number of ether oxygens (including phenoxy) is 2. The Labute approximate surface area is 103 Å². The number of carbonyl (C=O) groups is 2. The van der Waals surface area contributed by atoms with E-state index in [4.69, 9.17) is 20.3 Å². The number of esters is 1. The highest BCUT2D eigenvalue weighted by Crippen LogP contribution is 2.20. The summed E-state index contributed by atoms with van der Waals surface area (Å²) in [7, 11) is 0. The van der Waals surface area contributed by atoms with Crippen LogP contribution in [0.5, 0.6) is 0 Å². The molecule has 0 aromatic rings. The summed E-state index contributed by atoms with van der Waals surface area (Å²) in [6.45, 7) is 0.656. The normalized spacial score (nSPS) is 36.2. The van der Waals surface area contributed by atoms with Gasteiger partial charge < -0.3 is 30.5 Å². The predicted molar refractivity (Wildman–Crippen MR) is 57.1 cm³/mol. The van der Waals surface area contributed by atoms with Crippen molar-refractivity contribution in [2.75, 3.05) is 6.61 Å². The molecule has 104 valence electrons. The molecule has 5 N–H and O–H groups in total. The van der Waals surface area contributed by atoms with E-state index in [-0.39, 0.29) is 5.78 Å². The topological polar surface area (TPSA) is 139 Å². The van der Waals surface area contributed by atoms with Crippen molar-refractivity contribution in [1.29, 1.82) is 0 Å². The second-order valence-electron chi connectivity index (χ2n) is 4.15. The molecule has 1 aliphatic heterocycles. The van der Waals surface area contributed by atoms with E-state index in [1.54, 1.807) is 0 Å². The summed E-state index contributed by atoms with van der Waals surface area (Å²) in [4.78, 5) is 22.0. The lowest BCUT2D eigenvalue weighted by Crippen LogP contribution is -2.62. The Morgan fingerprint density at radius 3 is 2.44 bits per heavy atom. The van der Waals surface area contributed by atoms with Crippen LogP contribution < -0.4 is 5.73 Å². The molecule has 0 bridgehead atoms. The molecule has 1 heterocycles. The van der Waals surface area contributed by atoms with E-state index in [1.165, 1.54) is 6.92 Å². The van der Waals surface area contributed by atoms with E-state index < -0.39 is 49.6 Å². The number of aliphatic hydroxyl groups is 3. The van der Waals surface area contributed by atoms with Crippen molar-refractivity contribution in [3.63, 3.8) is 0 Å². The highest BCUT2D eigenvalue weighted by atomic mass is 16.7. The third kappa shape index (κ3) is 3.47. The van der Waals surface area contributed by atoms with Gasteiger partial charge in [-0.25, -0.2) is 0 Å². The molecule has 1 saturated heterocycles. The number of rotatable bonds is 4. The molecular formula is C10H17NO7. The summed E-state index contributed by atoms with van der Waals surface area (Å²) in [5.41, 5.74) is 5.53. The molecule has 0 aliphatic carbocycles. The Morgan fingerprint density at radius 1 is 1.33 bits per heavy atom. The summed E-state index contributed by atoms with van der Waals surface area (Å²) < 4.78 is 9.82. The highest BCUT2D eigenvalue weighted by molar-refractivity contribution is 5.94. The maximum atomic E-state index is 11.3. The van der Waals surface area contributed by atoms with Crippen LogP contribution in [-0.4, -0.2) is 64.3 Å². The number of hydrogen-bond donors (Lipinski definition) is 4. The van der Waals surface area contributed by atoms with Crippen molar-refractivity contribution < 1.29 is 34.4 Å². The monoisotopic (exact) mass is 263 g/mol. The third-order valence-corrected chi connectivity index (χ3v) is 2.57. The molecule has 1 fully saturated rings. The van der Waals surface area contributed by atoms with Crippen LogP contribution in [0, 0.1) is 0 Å². The van der Waals surface area contributed by atoms with Gasteiger partial charge in [0.2, 0.25) is 6.29 Å². The van der Waals surface area contributed by atoms with Gasteiger partial charge in [-0.05, 0) is 6.92 Å². The summed E-state index contributed by atoms with van der Waals surface area (Å²) in [5.74, 6) is -1.23. The predicted octanol–water partition coefficient (Wildman–Crippen LogP) is -2.72. The van der Waals surface area contributed by atoms with E-state index in [0.717, 1.165) is 0 Å². The molecule has 1 aliphatic rings. The molecule has 1 rings (SSSR count). The third-order valence-electron chi connectivity index (χ3n) is 2.57. The zero-order chi connectivity index (χ0) is 13.9. The number of aliphatic hydroxyl groups excluding tert-OH is 3. The van der Waals surface area contributed by atoms with E-state index in [9.17, 15) is 19.8 Å². The van der Waals surface area contributed by atoms with Crippen LogP contribution in [0.25, 0.3) is 0 Å². The average Bonchev–Trinajstić information content (AvgIpc) is 2.29. The number of Topliss-reactive ketones (excluding diaryl/α,β-unsaturated/α-hetero) is 1. The van der Waals surface area contributed by atoms with Crippen LogP contribution in [0.1, 0.15) is 13.3 Å². The Morgan fingerprint density at radius 2 is 1.94 bits per heavy atom. The SMILES string of the molecule is CC(=O)CC(=O)OC1O[C@H](CO)[C@@H](O)[C@H](O)[C@H]1N. The lowest BCUT2D eigenvalue weighted by Gasteiger charge is -2.39. The summed E-state index contributed by atoms with van der Waals surface area (Å²) in [5, 5.41) is 28.0. The average molecular weight is 263 g/mol. The maximum absolute atomic E-state index is 11.3. The first-order valence-corrected chi connectivity index (χ1v) is 5.43. The zero-order valence-corrected chi connectivity index (χ0v) is 9.85. The molecule has 0 amide bonds. The Bertz CT molecular complexity index is 319. The quantitative estimate of drug-likeness (QED) is 0.317. The fourth-order valence-corrected chi connectivity index (χ4v) is 1.58. The molecule has 0 aromatic carbocycles. The fourth-order valence-electron chi connectivity index (χ4n) is 1.58. The summed E-state index contributed by atoms with van der Waals surface area (Å²) in [6, 6.07) is -1.15. The molecule has 0 aromatic heterocycles. The minimum Gasteiger partial charge on any atom is -0.434 e. The molecule has 0 spiro atoms. The van der Waals surface area contributed by atoms with E-state index in [1.807, 2.05) is 0 Å².